The van der Waals surface area contributed by atoms with Crippen LogP contribution in [0, 0.1) is 17.6 Å². The third-order valence-corrected chi connectivity index (χ3v) is 8.35. The second kappa shape index (κ2) is 11.7. The van der Waals surface area contributed by atoms with Gasteiger partial charge >= 0.3 is 11.9 Å². The average Bonchev–Trinajstić information content (AvgIpc) is 3.42. The molecule has 0 spiro atoms. The molecule has 3 aliphatic rings. The molecule has 2 fully saturated rings. The number of hydrogen-bond donors (Lipinski definition) is 2. The van der Waals surface area contributed by atoms with Crippen molar-refractivity contribution < 1.29 is 33.0 Å². The molecular formula is C26H27ClF2N4O5S. The minimum absolute atomic E-state index is 0.0247. The van der Waals surface area contributed by atoms with E-state index in [1.807, 2.05) is 0 Å². The number of benzene rings is 1. The van der Waals surface area contributed by atoms with Crippen molar-refractivity contribution in [3.63, 3.8) is 0 Å². The zero-order valence-corrected chi connectivity index (χ0v) is 22.6. The van der Waals surface area contributed by atoms with Gasteiger partial charge in [-0.1, -0.05) is 17.7 Å². The van der Waals surface area contributed by atoms with Crippen LogP contribution in [0.25, 0.3) is 0 Å². The predicted molar refractivity (Wildman–Crippen MR) is 140 cm³/mol. The number of nitrogens with one attached hydrogen (secondary N) is 1. The lowest BCUT2D eigenvalue weighted by Gasteiger charge is -2.49. The summed E-state index contributed by atoms with van der Waals surface area (Å²) in [5.41, 5.74) is 0.736. The number of hydrogen-bond acceptors (Lipinski definition) is 9. The molecule has 2 aromatic rings. The number of nitrogens with zero attached hydrogens (tertiary/aromatic N) is 3. The van der Waals surface area contributed by atoms with Crippen LogP contribution < -0.4 is 5.32 Å². The molecule has 5 rings (SSSR count). The van der Waals surface area contributed by atoms with Gasteiger partial charge < -0.3 is 19.9 Å². The molecule has 2 N–H and O–H groups in total. The molecule has 2 bridgehead atoms. The molecule has 4 heterocycles. The number of aliphatic imine (C=N–C) groups is 1. The summed E-state index contributed by atoms with van der Waals surface area (Å²) in [5.74, 6) is -3.44. The number of carbonyl (C=O) groups excluding carboxylic acids is 1. The van der Waals surface area contributed by atoms with Crippen LogP contribution in [0.1, 0.15) is 42.8 Å². The predicted octanol–water partition coefficient (Wildman–Crippen LogP) is 3.94. The molecule has 0 saturated carbocycles. The number of thiazole rings is 1. The van der Waals surface area contributed by atoms with E-state index < -0.39 is 34.6 Å². The van der Waals surface area contributed by atoms with Crippen LogP contribution in [0.15, 0.2) is 40.0 Å². The molecule has 1 unspecified atom stereocenters. The van der Waals surface area contributed by atoms with E-state index in [4.69, 9.17) is 21.1 Å². The summed E-state index contributed by atoms with van der Waals surface area (Å²) < 4.78 is 39.7. The number of amidine groups is 1. The fraction of sp³-hybridized carbons (Fsp3) is 0.462. The Kier molecular flexibility index (Phi) is 8.27. The molecular weight excluding hydrogens is 554 g/mol. The van der Waals surface area contributed by atoms with Crippen LogP contribution in [-0.4, -0.2) is 71.2 Å². The summed E-state index contributed by atoms with van der Waals surface area (Å²) in [6.07, 6.45) is 2.98. The largest absolute Gasteiger partial charge is 0.481 e. The van der Waals surface area contributed by atoms with Gasteiger partial charge in [0, 0.05) is 47.9 Å². The highest BCUT2D eigenvalue weighted by molar-refractivity contribution is 7.11. The SMILES string of the molecule is CCOC(=O)C1=C(CN2[C@@H]3COC[C@H]2CC(CC(=O)O)C3)NC(c2nccs2)=N[C@H]1c1ccc(F)c(F)c1Cl. The normalized spacial score (nSPS) is 25.2. The third-order valence-electron chi connectivity index (χ3n) is 7.19. The molecule has 4 atom stereocenters. The summed E-state index contributed by atoms with van der Waals surface area (Å²) >= 11 is 7.59. The van der Waals surface area contributed by atoms with Crippen molar-refractivity contribution in [1.29, 1.82) is 0 Å². The first kappa shape index (κ1) is 27.6. The van der Waals surface area contributed by atoms with Gasteiger partial charge in [0.2, 0.25) is 0 Å². The quantitative estimate of drug-likeness (QED) is 0.357. The van der Waals surface area contributed by atoms with Gasteiger partial charge in [-0.15, -0.1) is 11.3 Å². The number of ether oxygens (including phenoxy) is 2. The van der Waals surface area contributed by atoms with Crippen molar-refractivity contribution in [2.24, 2.45) is 10.9 Å². The highest BCUT2D eigenvalue weighted by Gasteiger charge is 2.42. The van der Waals surface area contributed by atoms with Crippen molar-refractivity contribution >= 4 is 40.7 Å². The monoisotopic (exact) mass is 580 g/mol. The van der Waals surface area contributed by atoms with Gasteiger partial charge in [-0.2, -0.15) is 0 Å². The van der Waals surface area contributed by atoms with Crippen molar-refractivity contribution in [3.05, 3.63) is 62.2 Å². The maximum atomic E-state index is 14.6. The number of rotatable bonds is 8. The molecule has 39 heavy (non-hydrogen) atoms. The number of halogens is 3. The second-order valence-corrected chi connectivity index (χ2v) is 10.9. The first-order valence-corrected chi connectivity index (χ1v) is 13.9. The molecule has 2 saturated heterocycles. The number of aliphatic carboxylic acids is 1. The standard InChI is InChI=1S/C26H27ClF2N4O5S/c1-2-38-26(36)20-18(10-33-14-7-13(9-19(34)35)8-15(33)12-37-11-14)31-24(25-30-5-6-39-25)32-23(20)16-3-4-17(28)22(29)21(16)27/h3-6,13-15,23H,2,7-12H2,1H3,(H,31,32)(H,34,35)/t13?,14-,15+,23-/m0/s1. The number of carboxylic acid groups (broad SMARTS) is 1. The summed E-state index contributed by atoms with van der Waals surface area (Å²) in [6, 6.07) is 1.06. The van der Waals surface area contributed by atoms with Crippen LogP contribution in [0.3, 0.4) is 0 Å². The highest BCUT2D eigenvalue weighted by Crippen LogP contribution is 2.40. The zero-order valence-electron chi connectivity index (χ0n) is 21.0. The Morgan fingerprint density at radius 1 is 1.28 bits per heavy atom. The van der Waals surface area contributed by atoms with Gasteiger partial charge in [0.05, 0.1) is 30.4 Å². The van der Waals surface area contributed by atoms with Crippen LogP contribution in [-0.2, 0) is 19.1 Å². The highest BCUT2D eigenvalue weighted by atomic mass is 35.5. The van der Waals surface area contributed by atoms with Gasteiger partial charge in [0.25, 0.3) is 0 Å². The topological polar surface area (TPSA) is 113 Å². The Labute approximate surface area is 232 Å². The Morgan fingerprint density at radius 2 is 2.03 bits per heavy atom. The number of esters is 1. The smallest absolute Gasteiger partial charge is 0.338 e. The Hall–Kier alpha value is -2.93. The number of fused-ring (bicyclic) bond motifs is 2. The molecule has 0 amide bonds. The van der Waals surface area contributed by atoms with Gasteiger partial charge in [0.1, 0.15) is 6.04 Å². The maximum Gasteiger partial charge on any atom is 0.338 e. The minimum atomic E-state index is -1.23. The fourth-order valence-corrected chi connectivity index (χ4v) is 6.40. The lowest BCUT2D eigenvalue weighted by atomic mass is 9.82. The first-order chi connectivity index (χ1) is 18.8. The van der Waals surface area contributed by atoms with E-state index in [1.165, 1.54) is 17.4 Å². The number of carbonyl (C=O) groups is 2. The van der Waals surface area contributed by atoms with Crippen molar-refractivity contribution in [1.82, 2.24) is 15.2 Å². The van der Waals surface area contributed by atoms with E-state index in [2.05, 4.69) is 20.2 Å². The number of piperidine rings is 1. The molecule has 9 nitrogen and oxygen atoms in total. The Balaban J connectivity index is 1.58. The van der Waals surface area contributed by atoms with E-state index in [9.17, 15) is 23.5 Å². The van der Waals surface area contributed by atoms with Crippen LogP contribution in [0.2, 0.25) is 5.02 Å². The lowest BCUT2D eigenvalue weighted by molar-refractivity contribution is -0.141. The zero-order chi connectivity index (χ0) is 27.7. The van der Waals surface area contributed by atoms with E-state index >= 15 is 0 Å². The lowest BCUT2D eigenvalue weighted by Crippen LogP contribution is -2.58. The van der Waals surface area contributed by atoms with E-state index in [1.54, 1.807) is 18.5 Å². The van der Waals surface area contributed by atoms with Crippen molar-refractivity contribution in [2.75, 3.05) is 26.4 Å². The molecule has 0 radical (unpaired) electrons. The molecule has 0 aliphatic carbocycles. The van der Waals surface area contributed by atoms with Crippen molar-refractivity contribution in [2.45, 2.75) is 44.3 Å². The average molecular weight is 581 g/mol. The van der Waals surface area contributed by atoms with Crippen molar-refractivity contribution in [3.8, 4) is 0 Å². The van der Waals surface area contributed by atoms with E-state index in [0.717, 1.165) is 6.07 Å². The second-order valence-electron chi connectivity index (χ2n) is 9.67. The van der Waals surface area contributed by atoms with Gasteiger partial charge in [0.15, 0.2) is 22.5 Å². The number of aromatic nitrogens is 1. The minimum Gasteiger partial charge on any atom is -0.481 e. The molecule has 13 heteroatoms. The molecule has 3 aliphatic heterocycles. The maximum absolute atomic E-state index is 14.6. The summed E-state index contributed by atoms with van der Waals surface area (Å²) in [5, 5.41) is 14.4. The summed E-state index contributed by atoms with van der Waals surface area (Å²) in [4.78, 5) is 36.0. The third kappa shape index (κ3) is 5.69. The van der Waals surface area contributed by atoms with Crippen LogP contribution >= 0.6 is 22.9 Å². The van der Waals surface area contributed by atoms with Crippen LogP contribution in [0.4, 0.5) is 8.78 Å². The summed E-state index contributed by atoms with van der Waals surface area (Å²) in [7, 11) is 0. The number of morpholine rings is 1. The van der Waals surface area contributed by atoms with E-state index in [0.29, 0.717) is 42.6 Å². The molecule has 208 valence electrons. The summed E-state index contributed by atoms with van der Waals surface area (Å²) in [6.45, 7) is 2.90. The Morgan fingerprint density at radius 3 is 2.67 bits per heavy atom. The molecule has 1 aromatic heterocycles. The molecule has 1 aromatic carbocycles. The fourth-order valence-electron chi connectivity index (χ4n) is 5.55. The number of carboxylic acids is 1. The van der Waals surface area contributed by atoms with E-state index in [-0.39, 0.29) is 48.7 Å². The Bertz CT molecular complexity index is 1310. The van der Waals surface area contributed by atoms with Gasteiger partial charge in [-0.25, -0.2) is 18.6 Å². The van der Waals surface area contributed by atoms with Gasteiger partial charge in [-0.05, 0) is 31.7 Å². The first-order valence-electron chi connectivity index (χ1n) is 12.6. The van der Waals surface area contributed by atoms with Gasteiger partial charge in [-0.3, -0.25) is 14.7 Å². The van der Waals surface area contributed by atoms with Crippen LogP contribution in [0.5, 0.6) is 0 Å².